The van der Waals surface area contributed by atoms with Crippen LogP contribution in [0.25, 0.3) is 10.9 Å². The molecule has 0 amide bonds. The molecule has 2 aromatic rings. The molecule has 0 fully saturated rings. The number of benzene rings is 1. The van der Waals surface area contributed by atoms with E-state index in [2.05, 4.69) is 4.98 Å². The molecule has 1 N–H and O–H groups in total. The predicted octanol–water partition coefficient (Wildman–Crippen LogP) is 2.25. The minimum atomic E-state index is -1.05. The summed E-state index contributed by atoms with van der Waals surface area (Å²) in [5, 5.41) is 9.73. The molecule has 0 unspecified atom stereocenters. The molecule has 82 valence electrons. The summed E-state index contributed by atoms with van der Waals surface area (Å²) in [5.41, 5.74) is 1.70. The van der Waals surface area contributed by atoms with Crippen LogP contribution in [-0.2, 0) is 0 Å². The number of methoxy groups -OCH3 is 1. The molecular formula is C12H11NO3. The van der Waals surface area contributed by atoms with Crippen LogP contribution in [-0.4, -0.2) is 23.2 Å². The topological polar surface area (TPSA) is 59.4 Å². The first-order chi connectivity index (χ1) is 7.61. The quantitative estimate of drug-likeness (QED) is 0.838. The maximum atomic E-state index is 10.9. The Kier molecular flexibility index (Phi) is 2.48. The molecule has 0 atom stereocenters. The lowest BCUT2D eigenvalue weighted by molar-refractivity contribution is 0.0690. The number of aromatic carboxylic acids is 1. The van der Waals surface area contributed by atoms with Crippen molar-refractivity contribution in [1.82, 2.24) is 4.98 Å². The van der Waals surface area contributed by atoms with Gasteiger partial charge in [-0.2, -0.15) is 0 Å². The summed E-state index contributed by atoms with van der Waals surface area (Å²) in [6.45, 7) is 1.96. The maximum absolute atomic E-state index is 10.9. The fourth-order valence-electron chi connectivity index (χ4n) is 1.59. The monoisotopic (exact) mass is 217 g/mol. The van der Waals surface area contributed by atoms with Crippen LogP contribution >= 0.6 is 0 Å². The van der Waals surface area contributed by atoms with Gasteiger partial charge >= 0.3 is 5.97 Å². The highest BCUT2D eigenvalue weighted by Gasteiger charge is 2.11. The van der Waals surface area contributed by atoms with E-state index in [1.807, 2.05) is 19.1 Å². The first-order valence-corrected chi connectivity index (χ1v) is 4.80. The first-order valence-electron chi connectivity index (χ1n) is 4.80. The SMILES string of the molecule is COc1cc(C(=O)O)nc2ccc(C)cc12. The third kappa shape index (κ3) is 1.69. The lowest BCUT2D eigenvalue weighted by Crippen LogP contribution is -2.01. The van der Waals surface area contributed by atoms with Gasteiger partial charge in [0.25, 0.3) is 0 Å². The van der Waals surface area contributed by atoms with Gasteiger partial charge in [-0.25, -0.2) is 9.78 Å². The molecule has 16 heavy (non-hydrogen) atoms. The zero-order valence-corrected chi connectivity index (χ0v) is 9.02. The van der Waals surface area contributed by atoms with Crippen molar-refractivity contribution in [2.45, 2.75) is 6.92 Å². The molecular weight excluding hydrogens is 206 g/mol. The van der Waals surface area contributed by atoms with Crippen molar-refractivity contribution in [3.8, 4) is 5.75 Å². The Labute approximate surface area is 92.5 Å². The summed E-state index contributed by atoms with van der Waals surface area (Å²) >= 11 is 0. The molecule has 4 heteroatoms. The number of rotatable bonds is 2. The molecule has 0 aliphatic carbocycles. The second-order valence-electron chi connectivity index (χ2n) is 3.54. The standard InChI is InChI=1S/C12H11NO3/c1-7-3-4-9-8(5-7)11(16-2)6-10(13-9)12(14)15/h3-6H,1-2H3,(H,14,15). The average Bonchev–Trinajstić information content (AvgIpc) is 2.27. The minimum Gasteiger partial charge on any atom is -0.496 e. The number of hydrogen-bond acceptors (Lipinski definition) is 3. The number of carboxylic acid groups (broad SMARTS) is 1. The normalized spacial score (nSPS) is 10.4. The minimum absolute atomic E-state index is 0.00629. The van der Waals surface area contributed by atoms with Gasteiger partial charge in [0, 0.05) is 11.5 Å². The summed E-state index contributed by atoms with van der Waals surface area (Å²) in [6, 6.07) is 7.04. The van der Waals surface area contributed by atoms with Crippen molar-refractivity contribution >= 4 is 16.9 Å². The van der Waals surface area contributed by atoms with Gasteiger partial charge in [-0.15, -0.1) is 0 Å². The van der Waals surface area contributed by atoms with Crippen LogP contribution in [0.4, 0.5) is 0 Å². The zero-order valence-electron chi connectivity index (χ0n) is 9.02. The lowest BCUT2D eigenvalue weighted by Gasteiger charge is -2.07. The number of aryl methyl sites for hydroxylation is 1. The molecule has 0 aliphatic rings. The Morgan fingerprint density at radius 1 is 1.38 bits per heavy atom. The fraction of sp³-hybridized carbons (Fsp3) is 0.167. The Balaban J connectivity index is 2.78. The highest BCUT2D eigenvalue weighted by Crippen LogP contribution is 2.26. The van der Waals surface area contributed by atoms with E-state index < -0.39 is 5.97 Å². The molecule has 0 spiro atoms. The molecule has 4 nitrogen and oxygen atoms in total. The van der Waals surface area contributed by atoms with E-state index in [1.165, 1.54) is 13.2 Å². The van der Waals surface area contributed by atoms with E-state index in [0.717, 1.165) is 10.9 Å². The van der Waals surface area contributed by atoms with Crippen molar-refractivity contribution < 1.29 is 14.6 Å². The third-order valence-corrected chi connectivity index (χ3v) is 2.37. The summed E-state index contributed by atoms with van der Waals surface area (Å²) in [4.78, 5) is 14.9. The summed E-state index contributed by atoms with van der Waals surface area (Å²) < 4.78 is 5.17. The highest BCUT2D eigenvalue weighted by molar-refractivity contribution is 5.93. The Morgan fingerprint density at radius 2 is 2.12 bits per heavy atom. The van der Waals surface area contributed by atoms with Crippen molar-refractivity contribution in [1.29, 1.82) is 0 Å². The van der Waals surface area contributed by atoms with Crippen molar-refractivity contribution in [3.05, 3.63) is 35.5 Å². The maximum Gasteiger partial charge on any atom is 0.354 e. The molecule has 1 heterocycles. The number of pyridine rings is 1. The molecule has 0 saturated carbocycles. The number of carboxylic acids is 1. The second-order valence-corrected chi connectivity index (χ2v) is 3.54. The van der Waals surface area contributed by atoms with Gasteiger partial charge < -0.3 is 9.84 Å². The third-order valence-electron chi connectivity index (χ3n) is 2.37. The van der Waals surface area contributed by atoms with E-state index in [0.29, 0.717) is 11.3 Å². The summed E-state index contributed by atoms with van der Waals surface area (Å²) in [7, 11) is 1.52. The molecule has 1 aromatic carbocycles. The van der Waals surface area contributed by atoms with E-state index in [1.54, 1.807) is 6.07 Å². The lowest BCUT2D eigenvalue weighted by atomic mass is 10.1. The first kappa shape index (κ1) is 10.4. The number of aromatic nitrogens is 1. The van der Waals surface area contributed by atoms with Gasteiger partial charge in [0.15, 0.2) is 5.69 Å². The van der Waals surface area contributed by atoms with Crippen molar-refractivity contribution in [2.24, 2.45) is 0 Å². The van der Waals surface area contributed by atoms with Gasteiger partial charge in [0.1, 0.15) is 5.75 Å². The van der Waals surface area contributed by atoms with Crippen LogP contribution in [0.15, 0.2) is 24.3 Å². The second kappa shape index (κ2) is 3.81. The molecule has 0 bridgehead atoms. The van der Waals surface area contributed by atoms with Crippen molar-refractivity contribution in [3.63, 3.8) is 0 Å². The van der Waals surface area contributed by atoms with Gasteiger partial charge in [-0.3, -0.25) is 0 Å². The van der Waals surface area contributed by atoms with Crippen LogP contribution in [0.1, 0.15) is 16.1 Å². The molecule has 0 aliphatic heterocycles. The Morgan fingerprint density at radius 3 is 2.75 bits per heavy atom. The van der Waals surface area contributed by atoms with E-state index >= 15 is 0 Å². The Hall–Kier alpha value is -2.10. The van der Waals surface area contributed by atoms with Crippen LogP contribution in [0.2, 0.25) is 0 Å². The molecule has 1 aromatic heterocycles. The fourth-order valence-corrected chi connectivity index (χ4v) is 1.59. The molecule has 2 rings (SSSR count). The summed E-state index contributed by atoms with van der Waals surface area (Å²) in [6.07, 6.45) is 0. The smallest absolute Gasteiger partial charge is 0.354 e. The van der Waals surface area contributed by atoms with Crippen LogP contribution in [0.5, 0.6) is 5.75 Å². The molecule has 0 saturated heterocycles. The number of fused-ring (bicyclic) bond motifs is 1. The predicted molar refractivity (Wildman–Crippen MR) is 60.0 cm³/mol. The molecule has 0 radical (unpaired) electrons. The number of hydrogen-bond donors (Lipinski definition) is 1. The van der Waals surface area contributed by atoms with Gasteiger partial charge in [0.05, 0.1) is 12.6 Å². The average molecular weight is 217 g/mol. The van der Waals surface area contributed by atoms with Gasteiger partial charge in [0.2, 0.25) is 0 Å². The highest BCUT2D eigenvalue weighted by atomic mass is 16.5. The zero-order chi connectivity index (χ0) is 11.7. The van der Waals surface area contributed by atoms with Crippen LogP contribution < -0.4 is 4.74 Å². The summed E-state index contributed by atoms with van der Waals surface area (Å²) in [5.74, 6) is -0.521. The number of nitrogens with zero attached hydrogens (tertiary/aromatic N) is 1. The van der Waals surface area contributed by atoms with E-state index in [9.17, 15) is 4.79 Å². The Bertz CT molecular complexity index is 563. The van der Waals surface area contributed by atoms with Crippen molar-refractivity contribution in [2.75, 3.05) is 7.11 Å². The van der Waals surface area contributed by atoms with Crippen LogP contribution in [0, 0.1) is 6.92 Å². The van der Waals surface area contributed by atoms with E-state index in [-0.39, 0.29) is 5.69 Å². The van der Waals surface area contributed by atoms with Gasteiger partial charge in [-0.05, 0) is 19.1 Å². The number of carbonyl (C=O) groups is 1. The van der Waals surface area contributed by atoms with E-state index in [4.69, 9.17) is 9.84 Å². The largest absolute Gasteiger partial charge is 0.496 e. The van der Waals surface area contributed by atoms with Crippen LogP contribution in [0.3, 0.4) is 0 Å². The number of ether oxygens (including phenoxy) is 1. The van der Waals surface area contributed by atoms with Gasteiger partial charge in [-0.1, -0.05) is 11.6 Å².